The summed E-state index contributed by atoms with van der Waals surface area (Å²) in [5.41, 5.74) is 5.42. The van der Waals surface area contributed by atoms with Gasteiger partial charge in [0.15, 0.2) is 0 Å². The van der Waals surface area contributed by atoms with E-state index in [9.17, 15) is 9.59 Å². The summed E-state index contributed by atoms with van der Waals surface area (Å²) in [4.78, 5) is 31.6. The molecule has 34 heavy (non-hydrogen) atoms. The second-order valence-electron chi connectivity index (χ2n) is 8.22. The number of pyridine rings is 1. The summed E-state index contributed by atoms with van der Waals surface area (Å²) in [6, 6.07) is 28.9. The first-order valence-corrected chi connectivity index (χ1v) is 11.3. The first-order chi connectivity index (χ1) is 16.6. The molecule has 0 saturated heterocycles. The van der Waals surface area contributed by atoms with Gasteiger partial charge in [0.25, 0.3) is 5.91 Å². The van der Waals surface area contributed by atoms with E-state index in [1.54, 1.807) is 17.3 Å². The van der Waals surface area contributed by atoms with Crippen LogP contribution in [-0.2, 0) is 24.3 Å². The summed E-state index contributed by atoms with van der Waals surface area (Å²) in [7, 11) is 0. The largest absolute Gasteiger partial charge is 0.352 e. The molecule has 4 aromatic rings. The molecule has 0 unspecified atom stereocenters. The van der Waals surface area contributed by atoms with Crippen LogP contribution in [0.25, 0.3) is 0 Å². The van der Waals surface area contributed by atoms with Gasteiger partial charge < -0.3 is 10.2 Å². The number of anilines is 1. The quantitative estimate of drug-likeness (QED) is 0.407. The molecule has 170 valence electrons. The predicted octanol–water partition coefficient (Wildman–Crippen LogP) is 5.10. The van der Waals surface area contributed by atoms with Crippen LogP contribution in [0.4, 0.5) is 5.69 Å². The van der Waals surface area contributed by atoms with Gasteiger partial charge in [-0.15, -0.1) is 0 Å². The zero-order valence-electron chi connectivity index (χ0n) is 19.1. The van der Waals surface area contributed by atoms with Crippen LogP contribution in [0.1, 0.15) is 32.6 Å². The number of benzene rings is 3. The summed E-state index contributed by atoms with van der Waals surface area (Å²) >= 11 is 0. The summed E-state index contributed by atoms with van der Waals surface area (Å²) in [5, 5.41) is 2.92. The van der Waals surface area contributed by atoms with Gasteiger partial charge in [-0.2, -0.15) is 0 Å². The highest BCUT2D eigenvalue weighted by atomic mass is 16.2. The Morgan fingerprint density at radius 3 is 2.18 bits per heavy atom. The number of amides is 2. The Morgan fingerprint density at radius 1 is 0.794 bits per heavy atom. The standard InChI is InChI=1S/C29H27N3O2/c1-22-9-13-26(14-10-22)29(34)32(21-24-6-3-2-4-7-24)27-15-11-23(12-16-27)18-28(33)31-20-25-8-5-17-30-19-25/h2-17,19H,18,20-21H2,1H3,(H,31,33). The van der Waals surface area contributed by atoms with Crippen molar-refractivity contribution in [1.82, 2.24) is 10.3 Å². The fourth-order valence-electron chi connectivity index (χ4n) is 3.64. The van der Waals surface area contributed by atoms with E-state index in [0.717, 1.165) is 27.9 Å². The van der Waals surface area contributed by atoms with E-state index in [1.165, 1.54) is 0 Å². The second kappa shape index (κ2) is 11.1. The number of rotatable bonds is 8. The van der Waals surface area contributed by atoms with E-state index in [2.05, 4.69) is 10.3 Å². The van der Waals surface area contributed by atoms with Crippen molar-refractivity contribution >= 4 is 17.5 Å². The fourth-order valence-corrected chi connectivity index (χ4v) is 3.64. The zero-order valence-corrected chi connectivity index (χ0v) is 19.1. The van der Waals surface area contributed by atoms with Crippen LogP contribution < -0.4 is 10.2 Å². The number of aromatic nitrogens is 1. The van der Waals surface area contributed by atoms with E-state index < -0.39 is 0 Å². The molecule has 0 atom stereocenters. The van der Waals surface area contributed by atoms with Crippen LogP contribution in [0.2, 0.25) is 0 Å². The molecule has 0 bridgehead atoms. The van der Waals surface area contributed by atoms with E-state index in [4.69, 9.17) is 0 Å². The molecule has 0 aliphatic carbocycles. The summed E-state index contributed by atoms with van der Waals surface area (Å²) in [6.07, 6.45) is 3.71. The Bertz CT molecular complexity index is 1220. The molecule has 0 saturated carbocycles. The Labute approximate surface area is 200 Å². The number of aryl methyl sites for hydroxylation is 1. The number of nitrogens with one attached hydrogen (secondary N) is 1. The molecular weight excluding hydrogens is 422 g/mol. The van der Waals surface area contributed by atoms with Gasteiger partial charge in [0.2, 0.25) is 5.91 Å². The minimum atomic E-state index is -0.0641. The molecule has 2 amide bonds. The molecule has 0 radical (unpaired) electrons. The number of carbonyl (C=O) groups excluding carboxylic acids is 2. The first kappa shape index (κ1) is 22.9. The maximum atomic E-state index is 13.4. The highest BCUT2D eigenvalue weighted by Gasteiger charge is 2.18. The van der Waals surface area contributed by atoms with Crippen molar-refractivity contribution in [3.8, 4) is 0 Å². The Hall–Kier alpha value is -4.25. The first-order valence-electron chi connectivity index (χ1n) is 11.3. The van der Waals surface area contributed by atoms with Gasteiger partial charge in [-0.1, -0.05) is 66.2 Å². The van der Waals surface area contributed by atoms with Crippen molar-refractivity contribution in [3.63, 3.8) is 0 Å². The molecule has 0 spiro atoms. The lowest BCUT2D eigenvalue weighted by molar-refractivity contribution is -0.120. The van der Waals surface area contributed by atoms with Crippen molar-refractivity contribution in [2.75, 3.05) is 4.90 Å². The van der Waals surface area contributed by atoms with E-state index in [-0.39, 0.29) is 18.2 Å². The van der Waals surface area contributed by atoms with Crippen molar-refractivity contribution in [2.45, 2.75) is 26.4 Å². The lowest BCUT2D eigenvalue weighted by atomic mass is 10.1. The third kappa shape index (κ3) is 6.17. The fraction of sp³-hybridized carbons (Fsp3) is 0.138. The van der Waals surface area contributed by atoms with Gasteiger partial charge in [-0.25, -0.2) is 0 Å². The zero-order chi connectivity index (χ0) is 23.8. The van der Waals surface area contributed by atoms with Crippen LogP contribution >= 0.6 is 0 Å². The Kier molecular flexibility index (Phi) is 7.45. The Balaban J connectivity index is 1.48. The van der Waals surface area contributed by atoms with Gasteiger partial charge in [0.05, 0.1) is 13.0 Å². The third-order valence-electron chi connectivity index (χ3n) is 5.55. The molecule has 1 heterocycles. The van der Waals surface area contributed by atoms with Crippen LogP contribution in [0.5, 0.6) is 0 Å². The van der Waals surface area contributed by atoms with Gasteiger partial charge in [0.1, 0.15) is 0 Å². The van der Waals surface area contributed by atoms with Gasteiger partial charge in [0, 0.05) is 30.2 Å². The molecule has 5 heteroatoms. The van der Waals surface area contributed by atoms with E-state index in [0.29, 0.717) is 18.7 Å². The van der Waals surface area contributed by atoms with Crippen molar-refractivity contribution in [3.05, 3.63) is 131 Å². The molecule has 1 N–H and O–H groups in total. The molecule has 0 aliphatic heterocycles. The average molecular weight is 450 g/mol. The SMILES string of the molecule is Cc1ccc(C(=O)N(Cc2ccccc2)c2ccc(CC(=O)NCc3cccnc3)cc2)cc1. The summed E-state index contributed by atoms with van der Waals surface area (Å²) in [5.74, 6) is -0.126. The number of hydrogen-bond donors (Lipinski definition) is 1. The third-order valence-corrected chi connectivity index (χ3v) is 5.55. The highest BCUT2D eigenvalue weighted by Crippen LogP contribution is 2.22. The van der Waals surface area contributed by atoms with E-state index >= 15 is 0 Å². The Morgan fingerprint density at radius 2 is 1.50 bits per heavy atom. The molecule has 1 aromatic heterocycles. The minimum absolute atomic E-state index is 0.0616. The van der Waals surface area contributed by atoms with Crippen LogP contribution in [-0.4, -0.2) is 16.8 Å². The van der Waals surface area contributed by atoms with Crippen molar-refractivity contribution in [2.24, 2.45) is 0 Å². The molecule has 5 nitrogen and oxygen atoms in total. The molecular formula is C29H27N3O2. The van der Waals surface area contributed by atoms with Gasteiger partial charge in [-0.3, -0.25) is 14.6 Å². The predicted molar refractivity (Wildman–Crippen MR) is 134 cm³/mol. The lowest BCUT2D eigenvalue weighted by Gasteiger charge is -2.23. The number of nitrogens with zero attached hydrogens (tertiary/aromatic N) is 2. The van der Waals surface area contributed by atoms with Gasteiger partial charge >= 0.3 is 0 Å². The number of carbonyl (C=O) groups is 2. The van der Waals surface area contributed by atoms with E-state index in [1.807, 2.05) is 97.9 Å². The van der Waals surface area contributed by atoms with Crippen LogP contribution in [0, 0.1) is 6.92 Å². The summed E-state index contributed by atoms with van der Waals surface area (Å²) in [6.45, 7) is 2.90. The van der Waals surface area contributed by atoms with Gasteiger partial charge in [-0.05, 0) is 53.9 Å². The lowest BCUT2D eigenvalue weighted by Crippen LogP contribution is -2.30. The topological polar surface area (TPSA) is 62.3 Å². The monoisotopic (exact) mass is 449 g/mol. The average Bonchev–Trinajstić information content (AvgIpc) is 2.88. The molecule has 3 aromatic carbocycles. The van der Waals surface area contributed by atoms with Crippen molar-refractivity contribution in [1.29, 1.82) is 0 Å². The van der Waals surface area contributed by atoms with Crippen LogP contribution in [0.15, 0.2) is 103 Å². The molecule has 4 rings (SSSR count). The summed E-state index contributed by atoms with van der Waals surface area (Å²) < 4.78 is 0. The highest BCUT2D eigenvalue weighted by molar-refractivity contribution is 6.06. The normalized spacial score (nSPS) is 10.5. The number of hydrogen-bond acceptors (Lipinski definition) is 3. The van der Waals surface area contributed by atoms with Crippen molar-refractivity contribution < 1.29 is 9.59 Å². The maximum Gasteiger partial charge on any atom is 0.258 e. The molecule has 0 fully saturated rings. The molecule has 0 aliphatic rings. The smallest absolute Gasteiger partial charge is 0.258 e. The second-order valence-corrected chi connectivity index (χ2v) is 8.22. The van der Waals surface area contributed by atoms with Crippen LogP contribution in [0.3, 0.4) is 0 Å². The maximum absolute atomic E-state index is 13.4. The minimum Gasteiger partial charge on any atom is -0.352 e.